The minimum absolute atomic E-state index is 0.118. The molecule has 6 nitrogen and oxygen atoms in total. The molecule has 0 aromatic carbocycles. The topological polar surface area (TPSA) is 72.3 Å². The van der Waals surface area contributed by atoms with Gasteiger partial charge in [-0.1, -0.05) is 6.42 Å². The second kappa shape index (κ2) is 5.53. The van der Waals surface area contributed by atoms with Crippen LogP contribution in [-0.4, -0.2) is 40.9 Å². The van der Waals surface area contributed by atoms with Crippen LogP contribution in [0.15, 0.2) is 17.3 Å². The number of carbonyl (C=O) groups excluding carboxylic acids is 1. The van der Waals surface area contributed by atoms with E-state index in [-0.39, 0.29) is 22.6 Å². The van der Waals surface area contributed by atoms with Gasteiger partial charge in [0.25, 0.3) is 0 Å². The van der Waals surface area contributed by atoms with Crippen LogP contribution in [0.25, 0.3) is 0 Å². The SMILES string of the molecule is Cn1cc(S(=O)(=O)N2CCCC2C2CCCCC2=O)cn1. The third-order valence-electron chi connectivity index (χ3n) is 4.60. The lowest BCUT2D eigenvalue weighted by molar-refractivity contribution is -0.126. The van der Waals surface area contributed by atoms with Crippen molar-refractivity contribution in [2.75, 3.05) is 6.54 Å². The zero-order valence-corrected chi connectivity index (χ0v) is 13.1. The van der Waals surface area contributed by atoms with Gasteiger partial charge < -0.3 is 0 Å². The van der Waals surface area contributed by atoms with Gasteiger partial charge in [0.1, 0.15) is 10.7 Å². The molecule has 2 unspecified atom stereocenters. The highest BCUT2D eigenvalue weighted by atomic mass is 32.2. The second-order valence-corrected chi connectivity index (χ2v) is 7.88. The summed E-state index contributed by atoms with van der Waals surface area (Å²) in [6.07, 6.45) is 7.90. The number of aromatic nitrogens is 2. The Kier molecular flexibility index (Phi) is 3.88. The lowest BCUT2D eigenvalue weighted by Crippen LogP contribution is -2.43. The van der Waals surface area contributed by atoms with Crippen molar-refractivity contribution in [1.82, 2.24) is 14.1 Å². The summed E-state index contributed by atoms with van der Waals surface area (Å²) in [6.45, 7) is 0.506. The molecule has 3 rings (SSSR count). The van der Waals surface area contributed by atoms with Gasteiger partial charge in [-0.3, -0.25) is 9.48 Å². The number of carbonyl (C=O) groups is 1. The number of Topliss-reactive ketones (excluding diaryl/α,β-unsaturated/α-hetero) is 1. The van der Waals surface area contributed by atoms with Gasteiger partial charge in [-0.25, -0.2) is 8.42 Å². The van der Waals surface area contributed by atoms with Crippen LogP contribution in [0.1, 0.15) is 38.5 Å². The molecule has 2 aliphatic rings. The molecule has 2 fully saturated rings. The van der Waals surface area contributed by atoms with E-state index in [1.165, 1.54) is 21.4 Å². The summed E-state index contributed by atoms with van der Waals surface area (Å²) < 4.78 is 28.6. The lowest BCUT2D eigenvalue weighted by Gasteiger charge is -2.32. The zero-order chi connectivity index (χ0) is 15.0. The normalized spacial score (nSPS) is 28.1. The lowest BCUT2D eigenvalue weighted by atomic mass is 9.82. The van der Waals surface area contributed by atoms with Gasteiger partial charge in [-0.05, 0) is 25.7 Å². The Morgan fingerprint density at radius 2 is 2.05 bits per heavy atom. The van der Waals surface area contributed by atoms with Crippen LogP contribution in [0.5, 0.6) is 0 Å². The highest BCUT2D eigenvalue weighted by Gasteiger charge is 2.42. The number of rotatable bonds is 3. The molecule has 1 aliphatic carbocycles. The summed E-state index contributed by atoms with van der Waals surface area (Å²) in [5.41, 5.74) is 0. The molecule has 1 saturated heterocycles. The summed E-state index contributed by atoms with van der Waals surface area (Å²) in [7, 11) is -1.84. The maximum absolute atomic E-state index is 12.8. The van der Waals surface area contributed by atoms with Crippen LogP contribution in [0.3, 0.4) is 0 Å². The van der Waals surface area contributed by atoms with Crippen LogP contribution in [0.4, 0.5) is 0 Å². The Morgan fingerprint density at radius 1 is 1.24 bits per heavy atom. The fourth-order valence-electron chi connectivity index (χ4n) is 3.55. The van der Waals surface area contributed by atoms with Crippen molar-refractivity contribution in [1.29, 1.82) is 0 Å². The molecule has 21 heavy (non-hydrogen) atoms. The van der Waals surface area contributed by atoms with Crippen LogP contribution in [0.2, 0.25) is 0 Å². The molecule has 0 N–H and O–H groups in total. The molecule has 1 aliphatic heterocycles. The van der Waals surface area contributed by atoms with Crippen molar-refractivity contribution >= 4 is 15.8 Å². The maximum Gasteiger partial charge on any atom is 0.246 e. The maximum atomic E-state index is 12.8. The largest absolute Gasteiger partial charge is 0.299 e. The number of hydrogen-bond donors (Lipinski definition) is 0. The monoisotopic (exact) mass is 311 g/mol. The third kappa shape index (κ3) is 2.64. The first-order valence-electron chi connectivity index (χ1n) is 7.53. The van der Waals surface area contributed by atoms with E-state index < -0.39 is 10.0 Å². The first-order valence-corrected chi connectivity index (χ1v) is 8.97. The molecule has 7 heteroatoms. The summed E-state index contributed by atoms with van der Waals surface area (Å²) in [6, 6.07) is -0.164. The minimum atomic E-state index is -3.54. The fraction of sp³-hybridized carbons (Fsp3) is 0.714. The number of hydrogen-bond acceptors (Lipinski definition) is 4. The molecule has 0 radical (unpaired) electrons. The summed E-state index contributed by atoms with van der Waals surface area (Å²) >= 11 is 0. The minimum Gasteiger partial charge on any atom is -0.299 e. The predicted octanol–water partition coefficient (Wildman–Crippen LogP) is 1.33. The fourth-order valence-corrected chi connectivity index (χ4v) is 5.27. The van der Waals surface area contributed by atoms with E-state index >= 15 is 0 Å². The van der Waals surface area contributed by atoms with Crippen LogP contribution >= 0.6 is 0 Å². The van der Waals surface area contributed by atoms with Crippen LogP contribution in [0, 0.1) is 5.92 Å². The number of nitrogens with zero attached hydrogens (tertiary/aromatic N) is 3. The van der Waals surface area contributed by atoms with Crippen molar-refractivity contribution in [2.24, 2.45) is 13.0 Å². The van der Waals surface area contributed by atoms with E-state index in [4.69, 9.17) is 0 Å². The van der Waals surface area contributed by atoms with E-state index in [0.717, 1.165) is 32.1 Å². The van der Waals surface area contributed by atoms with E-state index in [0.29, 0.717) is 13.0 Å². The molecule has 2 heterocycles. The van der Waals surface area contributed by atoms with Gasteiger partial charge in [0.15, 0.2) is 0 Å². The van der Waals surface area contributed by atoms with Crippen molar-refractivity contribution < 1.29 is 13.2 Å². The Labute approximate surface area is 125 Å². The molecule has 1 aromatic heterocycles. The quantitative estimate of drug-likeness (QED) is 0.844. The van der Waals surface area contributed by atoms with Gasteiger partial charge in [-0.2, -0.15) is 9.40 Å². The highest BCUT2D eigenvalue weighted by Crippen LogP contribution is 2.35. The van der Waals surface area contributed by atoms with Crippen molar-refractivity contribution in [3.05, 3.63) is 12.4 Å². The molecule has 2 atom stereocenters. The highest BCUT2D eigenvalue weighted by molar-refractivity contribution is 7.89. The van der Waals surface area contributed by atoms with E-state index in [1.54, 1.807) is 7.05 Å². The van der Waals surface area contributed by atoms with Gasteiger partial charge in [0.2, 0.25) is 10.0 Å². The summed E-state index contributed by atoms with van der Waals surface area (Å²) in [5, 5.41) is 3.95. The Hall–Kier alpha value is -1.21. The Morgan fingerprint density at radius 3 is 2.71 bits per heavy atom. The Bertz CT molecular complexity index is 638. The third-order valence-corrected chi connectivity index (χ3v) is 6.48. The molecule has 0 amide bonds. The van der Waals surface area contributed by atoms with Gasteiger partial charge >= 0.3 is 0 Å². The molecule has 1 saturated carbocycles. The molecule has 0 spiro atoms. The predicted molar refractivity (Wildman–Crippen MR) is 77.1 cm³/mol. The molecular formula is C14H21N3O3S. The first-order chi connectivity index (χ1) is 10.00. The first kappa shape index (κ1) is 14.7. The van der Waals surface area contributed by atoms with Crippen LogP contribution in [-0.2, 0) is 21.9 Å². The van der Waals surface area contributed by atoms with Gasteiger partial charge in [0.05, 0.1) is 6.20 Å². The molecule has 116 valence electrons. The van der Waals surface area contributed by atoms with Crippen molar-refractivity contribution in [2.45, 2.75) is 49.5 Å². The van der Waals surface area contributed by atoms with Crippen LogP contribution < -0.4 is 0 Å². The second-order valence-electron chi connectivity index (χ2n) is 5.99. The summed E-state index contributed by atoms with van der Waals surface area (Å²) in [5.74, 6) is 0.118. The van der Waals surface area contributed by atoms with Gasteiger partial charge in [-0.15, -0.1) is 0 Å². The van der Waals surface area contributed by atoms with Crippen molar-refractivity contribution in [3.8, 4) is 0 Å². The standard InChI is InChI=1S/C14H21N3O3S/c1-16-10-11(9-15-16)21(19,20)17-8-4-6-13(17)12-5-2-3-7-14(12)18/h9-10,12-13H,2-8H2,1H3. The number of ketones is 1. The average molecular weight is 311 g/mol. The molecular weight excluding hydrogens is 290 g/mol. The molecule has 1 aromatic rings. The van der Waals surface area contributed by atoms with E-state index in [2.05, 4.69) is 5.10 Å². The summed E-state index contributed by atoms with van der Waals surface area (Å²) in [4.78, 5) is 12.4. The van der Waals surface area contributed by atoms with E-state index in [9.17, 15) is 13.2 Å². The van der Waals surface area contributed by atoms with Crippen molar-refractivity contribution in [3.63, 3.8) is 0 Å². The average Bonchev–Trinajstić information content (AvgIpc) is 3.08. The zero-order valence-electron chi connectivity index (χ0n) is 12.2. The smallest absolute Gasteiger partial charge is 0.246 e. The molecule has 0 bridgehead atoms. The van der Waals surface area contributed by atoms with E-state index in [1.807, 2.05) is 0 Å². The number of sulfonamides is 1. The number of aryl methyl sites for hydroxylation is 1. The Balaban J connectivity index is 1.88. The van der Waals surface area contributed by atoms with Gasteiger partial charge in [0, 0.05) is 38.2 Å².